The van der Waals surface area contributed by atoms with Crippen molar-refractivity contribution in [2.45, 2.75) is 20.3 Å². The first-order chi connectivity index (χ1) is 11.4. The fraction of sp³-hybridized carbons (Fsp3) is 0.222. The summed E-state index contributed by atoms with van der Waals surface area (Å²) >= 11 is 12.0. The summed E-state index contributed by atoms with van der Waals surface area (Å²) in [4.78, 5) is 25.5. The average Bonchev–Trinajstić information content (AvgIpc) is 2.49. The Balaban J connectivity index is 2.03. The van der Waals surface area contributed by atoms with Gasteiger partial charge in [-0.05, 0) is 42.8 Å². The number of hydrogen-bond acceptors (Lipinski definition) is 2. The molecule has 0 saturated carbocycles. The van der Waals surface area contributed by atoms with Crippen LogP contribution in [-0.2, 0) is 9.59 Å². The minimum absolute atomic E-state index is 0.159. The summed E-state index contributed by atoms with van der Waals surface area (Å²) in [5.74, 6) is -0.362. The maximum atomic E-state index is 12.1. The predicted molar refractivity (Wildman–Crippen MR) is 98.9 cm³/mol. The Labute approximate surface area is 151 Å². The monoisotopic (exact) mass is 364 g/mol. The molecule has 0 radical (unpaired) electrons. The molecule has 2 amide bonds. The van der Waals surface area contributed by atoms with Crippen molar-refractivity contribution in [1.29, 1.82) is 0 Å². The molecule has 0 atom stereocenters. The van der Waals surface area contributed by atoms with E-state index >= 15 is 0 Å². The third-order valence-electron chi connectivity index (χ3n) is 3.44. The first-order valence-corrected chi connectivity index (χ1v) is 8.22. The Bertz CT molecular complexity index is 762. The van der Waals surface area contributed by atoms with Crippen LogP contribution in [0.3, 0.4) is 0 Å². The molecule has 0 aliphatic rings. The number of carbonyl (C=O) groups excluding carboxylic acids is 2. The number of amides is 2. The standard InChI is InChI=1S/C18H18Cl2N2O2/c1-12-4-3-5-15(10-12)21-18(24)8-9-22(13(2)23)17-7-6-14(19)11-16(17)20/h3-7,10-11H,8-9H2,1-2H3,(H,21,24). The topological polar surface area (TPSA) is 49.4 Å². The molecule has 0 unspecified atom stereocenters. The lowest BCUT2D eigenvalue weighted by atomic mass is 10.2. The van der Waals surface area contributed by atoms with Crippen LogP contribution in [0.5, 0.6) is 0 Å². The molecular weight excluding hydrogens is 347 g/mol. The zero-order chi connectivity index (χ0) is 17.7. The van der Waals surface area contributed by atoms with Gasteiger partial charge in [-0.25, -0.2) is 0 Å². The lowest BCUT2D eigenvalue weighted by Crippen LogP contribution is -2.32. The molecular formula is C18H18Cl2N2O2. The van der Waals surface area contributed by atoms with Crippen LogP contribution in [0.15, 0.2) is 42.5 Å². The summed E-state index contributed by atoms with van der Waals surface area (Å²) in [5, 5.41) is 3.68. The molecule has 0 spiro atoms. The Kier molecular flexibility index (Phi) is 6.23. The molecule has 4 nitrogen and oxygen atoms in total. The molecule has 24 heavy (non-hydrogen) atoms. The van der Waals surface area contributed by atoms with Gasteiger partial charge in [-0.15, -0.1) is 0 Å². The number of halogens is 2. The predicted octanol–water partition coefficient (Wildman–Crippen LogP) is 4.68. The highest BCUT2D eigenvalue weighted by atomic mass is 35.5. The molecule has 2 rings (SSSR count). The number of benzene rings is 2. The first kappa shape index (κ1) is 18.3. The number of nitrogens with zero attached hydrogens (tertiary/aromatic N) is 1. The smallest absolute Gasteiger partial charge is 0.226 e. The van der Waals surface area contributed by atoms with Gasteiger partial charge >= 0.3 is 0 Å². The number of aryl methyl sites for hydroxylation is 1. The minimum Gasteiger partial charge on any atom is -0.326 e. The largest absolute Gasteiger partial charge is 0.326 e. The second-order valence-corrected chi connectivity index (χ2v) is 6.28. The molecule has 0 saturated heterocycles. The van der Waals surface area contributed by atoms with E-state index in [9.17, 15) is 9.59 Å². The van der Waals surface area contributed by atoms with Crippen molar-refractivity contribution >= 4 is 46.4 Å². The Hall–Kier alpha value is -2.04. The second-order valence-electron chi connectivity index (χ2n) is 5.43. The number of hydrogen-bond donors (Lipinski definition) is 1. The summed E-state index contributed by atoms with van der Waals surface area (Å²) in [5.41, 5.74) is 2.34. The minimum atomic E-state index is -0.192. The van der Waals surface area contributed by atoms with Gasteiger partial charge in [0.1, 0.15) is 0 Å². The van der Waals surface area contributed by atoms with E-state index in [0.717, 1.165) is 11.3 Å². The van der Waals surface area contributed by atoms with E-state index in [1.54, 1.807) is 18.2 Å². The van der Waals surface area contributed by atoms with Crippen molar-refractivity contribution in [1.82, 2.24) is 0 Å². The van der Waals surface area contributed by atoms with Crippen LogP contribution in [0.2, 0.25) is 10.0 Å². The maximum Gasteiger partial charge on any atom is 0.226 e. The molecule has 0 heterocycles. The van der Waals surface area contributed by atoms with Crippen LogP contribution < -0.4 is 10.2 Å². The molecule has 126 valence electrons. The van der Waals surface area contributed by atoms with Crippen molar-refractivity contribution in [3.63, 3.8) is 0 Å². The zero-order valence-corrected chi connectivity index (χ0v) is 15.0. The van der Waals surface area contributed by atoms with E-state index in [1.807, 2.05) is 31.2 Å². The van der Waals surface area contributed by atoms with Crippen LogP contribution in [-0.4, -0.2) is 18.4 Å². The van der Waals surface area contributed by atoms with Crippen molar-refractivity contribution in [2.75, 3.05) is 16.8 Å². The van der Waals surface area contributed by atoms with Crippen LogP contribution in [0.4, 0.5) is 11.4 Å². The molecule has 0 aromatic heterocycles. The average molecular weight is 365 g/mol. The van der Waals surface area contributed by atoms with Crippen LogP contribution in [0, 0.1) is 6.92 Å². The molecule has 0 bridgehead atoms. The van der Waals surface area contributed by atoms with Gasteiger partial charge < -0.3 is 10.2 Å². The summed E-state index contributed by atoms with van der Waals surface area (Å²) < 4.78 is 0. The Morgan fingerprint density at radius 2 is 1.88 bits per heavy atom. The number of anilines is 2. The van der Waals surface area contributed by atoms with Gasteiger partial charge in [0.15, 0.2) is 0 Å². The number of rotatable bonds is 5. The summed E-state index contributed by atoms with van der Waals surface area (Å²) in [6.45, 7) is 3.62. The maximum absolute atomic E-state index is 12.1. The van der Waals surface area contributed by atoms with E-state index in [4.69, 9.17) is 23.2 Å². The molecule has 0 aliphatic heterocycles. The molecule has 2 aromatic carbocycles. The fourth-order valence-electron chi connectivity index (χ4n) is 2.31. The van der Waals surface area contributed by atoms with Gasteiger partial charge in [-0.2, -0.15) is 0 Å². The summed E-state index contributed by atoms with van der Waals surface area (Å²) in [6, 6.07) is 12.4. The zero-order valence-electron chi connectivity index (χ0n) is 13.5. The third-order valence-corrected chi connectivity index (χ3v) is 3.98. The van der Waals surface area contributed by atoms with Gasteiger partial charge in [0, 0.05) is 30.6 Å². The number of carbonyl (C=O) groups is 2. The molecule has 0 fully saturated rings. The quantitative estimate of drug-likeness (QED) is 0.836. The molecule has 1 N–H and O–H groups in total. The first-order valence-electron chi connectivity index (χ1n) is 7.46. The van der Waals surface area contributed by atoms with E-state index < -0.39 is 0 Å². The van der Waals surface area contributed by atoms with E-state index in [2.05, 4.69) is 5.32 Å². The van der Waals surface area contributed by atoms with E-state index in [1.165, 1.54) is 11.8 Å². The van der Waals surface area contributed by atoms with Crippen molar-refractivity contribution in [3.05, 3.63) is 58.1 Å². The van der Waals surface area contributed by atoms with Gasteiger partial charge in [0.2, 0.25) is 11.8 Å². The molecule has 6 heteroatoms. The molecule has 0 aliphatic carbocycles. The van der Waals surface area contributed by atoms with Crippen molar-refractivity contribution < 1.29 is 9.59 Å². The SMILES string of the molecule is CC(=O)N(CCC(=O)Nc1cccc(C)c1)c1ccc(Cl)cc1Cl. The van der Waals surface area contributed by atoms with Crippen molar-refractivity contribution in [2.24, 2.45) is 0 Å². The van der Waals surface area contributed by atoms with Gasteiger partial charge in [0.05, 0.1) is 10.7 Å². The summed E-state index contributed by atoms with van der Waals surface area (Å²) in [6.07, 6.45) is 0.159. The van der Waals surface area contributed by atoms with Gasteiger partial charge in [0.25, 0.3) is 0 Å². The van der Waals surface area contributed by atoms with Crippen molar-refractivity contribution in [3.8, 4) is 0 Å². The van der Waals surface area contributed by atoms with E-state index in [0.29, 0.717) is 15.7 Å². The fourth-order valence-corrected chi connectivity index (χ4v) is 2.82. The number of nitrogens with one attached hydrogen (secondary N) is 1. The lowest BCUT2D eigenvalue weighted by molar-refractivity contribution is -0.117. The van der Waals surface area contributed by atoms with Crippen LogP contribution in [0.25, 0.3) is 0 Å². The second kappa shape index (κ2) is 8.18. The van der Waals surface area contributed by atoms with Crippen LogP contribution in [0.1, 0.15) is 18.9 Å². The normalized spacial score (nSPS) is 10.3. The highest BCUT2D eigenvalue weighted by Crippen LogP contribution is 2.29. The Morgan fingerprint density at radius 1 is 1.12 bits per heavy atom. The Morgan fingerprint density at radius 3 is 2.50 bits per heavy atom. The van der Waals surface area contributed by atoms with E-state index in [-0.39, 0.29) is 24.8 Å². The highest BCUT2D eigenvalue weighted by molar-refractivity contribution is 6.36. The lowest BCUT2D eigenvalue weighted by Gasteiger charge is -2.22. The van der Waals surface area contributed by atoms with Crippen LogP contribution >= 0.6 is 23.2 Å². The molecule has 2 aromatic rings. The van der Waals surface area contributed by atoms with Gasteiger partial charge in [-0.3, -0.25) is 9.59 Å². The van der Waals surface area contributed by atoms with Gasteiger partial charge in [-0.1, -0.05) is 35.3 Å². The highest BCUT2D eigenvalue weighted by Gasteiger charge is 2.16. The summed E-state index contributed by atoms with van der Waals surface area (Å²) in [7, 11) is 0. The third kappa shape index (κ3) is 4.98.